The van der Waals surface area contributed by atoms with Gasteiger partial charge in [0.1, 0.15) is 0 Å². The van der Waals surface area contributed by atoms with Crippen LogP contribution in [0.15, 0.2) is 24.3 Å². The minimum atomic E-state index is 0.379. The van der Waals surface area contributed by atoms with Gasteiger partial charge in [0.25, 0.3) is 0 Å². The molecule has 0 amide bonds. The lowest BCUT2D eigenvalue weighted by Crippen LogP contribution is -2.48. The van der Waals surface area contributed by atoms with E-state index in [1.54, 1.807) is 0 Å². The standard InChI is InChI=1S/C16H26N2/c1-13-7-5-6-8-15(13)18-10-9-14(11-17-4)16(2,3)12-18/h5-8,14,17H,9-12H2,1-4H3. The Balaban J connectivity index is 2.14. The third-order valence-electron chi connectivity index (χ3n) is 4.36. The van der Waals surface area contributed by atoms with Crippen LogP contribution in [0.4, 0.5) is 5.69 Å². The molecular formula is C16H26N2. The Morgan fingerprint density at radius 2 is 2.06 bits per heavy atom. The van der Waals surface area contributed by atoms with Crippen LogP contribution in [0.1, 0.15) is 25.8 Å². The highest BCUT2D eigenvalue weighted by atomic mass is 15.1. The molecule has 1 fully saturated rings. The van der Waals surface area contributed by atoms with Crippen LogP contribution >= 0.6 is 0 Å². The fraction of sp³-hybridized carbons (Fsp3) is 0.625. The van der Waals surface area contributed by atoms with Crippen molar-refractivity contribution in [1.82, 2.24) is 5.32 Å². The highest BCUT2D eigenvalue weighted by molar-refractivity contribution is 5.53. The van der Waals surface area contributed by atoms with Crippen LogP contribution < -0.4 is 10.2 Å². The molecule has 1 saturated heterocycles. The van der Waals surface area contributed by atoms with E-state index in [1.807, 2.05) is 0 Å². The molecule has 1 aliphatic heterocycles. The molecule has 1 aliphatic rings. The number of nitrogens with one attached hydrogen (secondary N) is 1. The summed E-state index contributed by atoms with van der Waals surface area (Å²) in [6, 6.07) is 8.73. The van der Waals surface area contributed by atoms with Gasteiger partial charge in [-0.15, -0.1) is 0 Å². The van der Waals surface area contributed by atoms with Crippen LogP contribution in [0.2, 0.25) is 0 Å². The fourth-order valence-corrected chi connectivity index (χ4v) is 3.15. The zero-order valence-corrected chi connectivity index (χ0v) is 12.2. The summed E-state index contributed by atoms with van der Waals surface area (Å²) in [5, 5.41) is 3.34. The molecule has 0 bridgehead atoms. The SMILES string of the molecule is CNCC1CCN(c2ccccc2C)CC1(C)C. The summed E-state index contributed by atoms with van der Waals surface area (Å²) in [6.07, 6.45) is 1.28. The molecule has 2 rings (SSSR count). The number of para-hydroxylation sites is 1. The lowest BCUT2D eigenvalue weighted by Gasteiger charge is -2.45. The minimum Gasteiger partial charge on any atom is -0.371 e. The number of anilines is 1. The van der Waals surface area contributed by atoms with Crippen molar-refractivity contribution < 1.29 is 0 Å². The van der Waals surface area contributed by atoms with E-state index in [-0.39, 0.29) is 0 Å². The van der Waals surface area contributed by atoms with Crippen molar-refractivity contribution in [3.05, 3.63) is 29.8 Å². The maximum absolute atomic E-state index is 3.34. The van der Waals surface area contributed by atoms with Gasteiger partial charge in [0, 0.05) is 18.8 Å². The molecule has 1 N–H and O–H groups in total. The van der Waals surface area contributed by atoms with Crippen LogP contribution in [0, 0.1) is 18.3 Å². The quantitative estimate of drug-likeness (QED) is 0.882. The Bertz CT molecular complexity index is 398. The average Bonchev–Trinajstić information content (AvgIpc) is 2.32. The number of nitrogens with zero attached hydrogens (tertiary/aromatic N) is 1. The molecule has 100 valence electrons. The van der Waals surface area contributed by atoms with Crippen molar-refractivity contribution in [3.63, 3.8) is 0 Å². The van der Waals surface area contributed by atoms with E-state index in [0.717, 1.165) is 19.0 Å². The van der Waals surface area contributed by atoms with E-state index in [9.17, 15) is 0 Å². The molecule has 18 heavy (non-hydrogen) atoms. The van der Waals surface area contributed by atoms with Gasteiger partial charge >= 0.3 is 0 Å². The van der Waals surface area contributed by atoms with E-state index in [2.05, 4.69) is 62.3 Å². The zero-order valence-electron chi connectivity index (χ0n) is 12.2. The van der Waals surface area contributed by atoms with Gasteiger partial charge in [-0.1, -0.05) is 32.0 Å². The summed E-state index contributed by atoms with van der Waals surface area (Å²) >= 11 is 0. The van der Waals surface area contributed by atoms with Gasteiger partial charge in [-0.25, -0.2) is 0 Å². The van der Waals surface area contributed by atoms with E-state index < -0.39 is 0 Å². The predicted molar refractivity (Wildman–Crippen MR) is 79.2 cm³/mol. The molecule has 1 atom stereocenters. The first-order chi connectivity index (χ1) is 8.54. The maximum atomic E-state index is 3.34. The molecule has 0 aromatic heterocycles. The van der Waals surface area contributed by atoms with Gasteiger partial charge in [0.2, 0.25) is 0 Å². The van der Waals surface area contributed by atoms with Crippen LogP contribution in [0.5, 0.6) is 0 Å². The summed E-state index contributed by atoms with van der Waals surface area (Å²) in [5.41, 5.74) is 3.18. The fourth-order valence-electron chi connectivity index (χ4n) is 3.15. The molecule has 1 unspecified atom stereocenters. The summed E-state index contributed by atoms with van der Waals surface area (Å²) in [6.45, 7) is 10.5. The lowest BCUT2D eigenvalue weighted by molar-refractivity contribution is 0.174. The van der Waals surface area contributed by atoms with Crippen molar-refractivity contribution >= 4 is 5.69 Å². The normalized spacial score (nSPS) is 23.1. The number of hydrogen-bond acceptors (Lipinski definition) is 2. The average molecular weight is 246 g/mol. The third-order valence-corrected chi connectivity index (χ3v) is 4.36. The Hall–Kier alpha value is -1.02. The van der Waals surface area contributed by atoms with Crippen LogP contribution in [0.3, 0.4) is 0 Å². The van der Waals surface area contributed by atoms with Gasteiger partial charge in [-0.2, -0.15) is 0 Å². The first kappa shape index (κ1) is 13.4. The van der Waals surface area contributed by atoms with E-state index in [4.69, 9.17) is 0 Å². The summed E-state index contributed by atoms with van der Waals surface area (Å²) < 4.78 is 0. The highest BCUT2D eigenvalue weighted by Gasteiger charge is 2.35. The van der Waals surface area contributed by atoms with Crippen LogP contribution in [-0.2, 0) is 0 Å². The summed E-state index contributed by atoms with van der Waals surface area (Å²) in [5.74, 6) is 0.780. The van der Waals surface area contributed by atoms with E-state index >= 15 is 0 Å². The molecule has 1 aromatic rings. The van der Waals surface area contributed by atoms with Gasteiger partial charge in [-0.05, 0) is 49.9 Å². The molecule has 0 radical (unpaired) electrons. The van der Waals surface area contributed by atoms with Gasteiger partial charge in [-0.3, -0.25) is 0 Å². The van der Waals surface area contributed by atoms with Crippen molar-refractivity contribution in [3.8, 4) is 0 Å². The number of piperidine rings is 1. The topological polar surface area (TPSA) is 15.3 Å². The molecule has 2 heteroatoms. The monoisotopic (exact) mass is 246 g/mol. The first-order valence-corrected chi connectivity index (χ1v) is 7.00. The predicted octanol–water partition coefficient (Wildman–Crippen LogP) is 3.07. The van der Waals surface area contributed by atoms with Crippen LogP contribution in [0.25, 0.3) is 0 Å². The number of hydrogen-bond donors (Lipinski definition) is 1. The van der Waals surface area contributed by atoms with Gasteiger partial charge in [0.05, 0.1) is 0 Å². The van der Waals surface area contributed by atoms with Gasteiger partial charge < -0.3 is 10.2 Å². The van der Waals surface area contributed by atoms with Gasteiger partial charge in [0.15, 0.2) is 0 Å². The largest absolute Gasteiger partial charge is 0.371 e. The Kier molecular flexibility index (Phi) is 3.96. The van der Waals surface area contributed by atoms with Crippen molar-refractivity contribution in [2.45, 2.75) is 27.2 Å². The number of benzene rings is 1. The van der Waals surface area contributed by atoms with Crippen molar-refractivity contribution in [2.75, 3.05) is 31.6 Å². The Morgan fingerprint density at radius 1 is 1.33 bits per heavy atom. The summed E-state index contributed by atoms with van der Waals surface area (Å²) in [7, 11) is 2.06. The van der Waals surface area contributed by atoms with Crippen molar-refractivity contribution in [1.29, 1.82) is 0 Å². The summed E-state index contributed by atoms with van der Waals surface area (Å²) in [4.78, 5) is 2.56. The smallest absolute Gasteiger partial charge is 0.0396 e. The molecule has 1 heterocycles. The second kappa shape index (κ2) is 5.31. The maximum Gasteiger partial charge on any atom is 0.0396 e. The molecule has 0 aliphatic carbocycles. The molecular weight excluding hydrogens is 220 g/mol. The highest BCUT2D eigenvalue weighted by Crippen LogP contribution is 2.37. The third kappa shape index (κ3) is 2.69. The molecule has 2 nitrogen and oxygen atoms in total. The number of aryl methyl sites for hydroxylation is 1. The van der Waals surface area contributed by atoms with E-state index in [0.29, 0.717) is 5.41 Å². The Labute approximate surface area is 111 Å². The second-order valence-corrected chi connectivity index (χ2v) is 6.24. The first-order valence-electron chi connectivity index (χ1n) is 7.00. The molecule has 0 saturated carbocycles. The molecule has 1 aromatic carbocycles. The molecule has 0 spiro atoms. The van der Waals surface area contributed by atoms with E-state index in [1.165, 1.54) is 24.2 Å². The Morgan fingerprint density at radius 3 is 2.67 bits per heavy atom. The lowest BCUT2D eigenvalue weighted by atomic mass is 9.73. The second-order valence-electron chi connectivity index (χ2n) is 6.24. The minimum absolute atomic E-state index is 0.379. The number of rotatable bonds is 3. The van der Waals surface area contributed by atoms with Crippen molar-refractivity contribution in [2.24, 2.45) is 11.3 Å². The zero-order chi connectivity index (χ0) is 13.2. The van der Waals surface area contributed by atoms with Crippen LogP contribution in [-0.4, -0.2) is 26.7 Å².